The number of allylic oxidation sites excluding steroid dienone is 4. The topological polar surface area (TPSA) is 15.3 Å². The van der Waals surface area contributed by atoms with Crippen LogP contribution in [0.2, 0.25) is 0 Å². The van der Waals surface area contributed by atoms with Gasteiger partial charge in [-0.1, -0.05) is 161 Å². The maximum absolute atomic E-state index is 3.61. The van der Waals surface area contributed by atoms with Crippen molar-refractivity contribution in [1.82, 2.24) is 10.4 Å². The van der Waals surface area contributed by atoms with Gasteiger partial charge in [-0.05, 0) is 64.2 Å². The van der Waals surface area contributed by atoms with Gasteiger partial charge in [-0.25, -0.2) is 5.01 Å². The molecule has 0 saturated heterocycles. The van der Waals surface area contributed by atoms with Crippen LogP contribution < -0.4 is 5.43 Å². The lowest BCUT2D eigenvalue weighted by Crippen LogP contribution is -2.39. The quantitative estimate of drug-likeness (QED) is 0.0478. The summed E-state index contributed by atoms with van der Waals surface area (Å²) < 4.78 is 0. The second-order valence-electron chi connectivity index (χ2n) is 12.4. The van der Waals surface area contributed by atoms with Gasteiger partial charge in [0.05, 0.1) is 0 Å². The summed E-state index contributed by atoms with van der Waals surface area (Å²) in [6.07, 6.45) is 48.6. The molecule has 0 spiro atoms. The first-order valence-electron chi connectivity index (χ1n) is 18.6. The Kier molecular flexibility index (Phi) is 35.9. The Morgan fingerprint density at radius 3 is 0.925 bits per heavy atom. The van der Waals surface area contributed by atoms with Crippen LogP contribution in [-0.4, -0.2) is 24.6 Å². The normalized spacial score (nSPS) is 12.1. The highest BCUT2D eigenvalue weighted by molar-refractivity contribution is 4.82. The summed E-state index contributed by atoms with van der Waals surface area (Å²) in [5.74, 6) is 0. The van der Waals surface area contributed by atoms with Crippen molar-refractivity contribution >= 4 is 0 Å². The lowest BCUT2D eigenvalue weighted by Gasteiger charge is -2.22. The lowest BCUT2D eigenvalue weighted by molar-refractivity contribution is 0.183. The number of rotatable bonds is 34. The van der Waals surface area contributed by atoms with Gasteiger partial charge < -0.3 is 0 Å². The van der Waals surface area contributed by atoms with Crippen LogP contribution in [0.5, 0.6) is 0 Å². The lowest BCUT2D eigenvalue weighted by atomic mass is 10.1. The minimum Gasteiger partial charge on any atom is -0.255 e. The van der Waals surface area contributed by atoms with Crippen LogP contribution in [0.4, 0.5) is 0 Å². The Bertz CT molecular complexity index is 456. The molecule has 0 aromatic heterocycles. The van der Waals surface area contributed by atoms with Crippen LogP contribution in [0.1, 0.15) is 201 Å². The molecule has 2 heteroatoms. The molecule has 0 fully saturated rings. The molecule has 2 nitrogen and oxygen atoms in total. The van der Waals surface area contributed by atoms with Crippen molar-refractivity contribution in [3.8, 4) is 0 Å². The molecule has 0 saturated carbocycles. The second kappa shape index (κ2) is 36.4. The van der Waals surface area contributed by atoms with Crippen molar-refractivity contribution in [2.45, 2.75) is 201 Å². The smallest absolute Gasteiger partial charge is 0.0130 e. The molecule has 0 bridgehead atoms. The largest absolute Gasteiger partial charge is 0.255 e. The summed E-state index contributed by atoms with van der Waals surface area (Å²) in [6, 6.07) is 0. The number of hydrogen-bond acceptors (Lipinski definition) is 2. The van der Waals surface area contributed by atoms with E-state index in [0.29, 0.717) is 0 Å². The Balaban J connectivity index is 3.44. The molecule has 238 valence electrons. The predicted molar refractivity (Wildman–Crippen MR) is 184 cm³/mol. The average Bonchev–Trinajstić information content (AvgIpc) is 2.96. The molecular formula is C38H76N2. The number of unbranched alkanes of at least 4 members (excludes halogenated alkanes) is 24. The Labute approximate surface area is 254 Å². The van der Waals surface area contributed by atoms with Gasteiger partial charge in [0.15, 0.2) is 0 Å². The minimum atomic E-state index is 1.05. The minimum absolute atomic E-state index is 1.05. The molecule has 0 rings (SSSR count). The molecule has 0 aliphatic rings. The SMILES string of the molecule is CCCCCCCC/C=C\CCCCCCCCN(CCCCCCCC/C=C\CCCCCCCC)NCC. The summed E-state index contributed by atoms with van der Waals surface area (Å²) in [6.45, 7) is 10.3. The van der Waals surface area contributed by atoms with E-state index < -0.39 is 0 Å². The number of hydrazine groups is 1. The second-order valence-corrected chi connectivity index (χ2v) is 12.4. The molecule has 0 amide bonds. The van der Waals surface area contributed by atoms with E-state index in [1.807, 2.05) is 0 Å². The third kappa shape index (κ3) is 33.6. The van der Waals surface area contributed by atoms with Gasteiger partial charge in [0.2, 0.25) is 0 Å². The van der Waals surface area contributed by atoms with Gasteiger partial charge in [0.1, 0.15) is 0 Å². The van der Waals surface area contributed by atoms with E-state index in [-0.39, 0.29) is 0 Å². The fraction of sp³-hybridized carbons (Fsp3) is 0.895. The Morgan fingerprint density at radius 2 is 0.625 bits per heavy atom. The highest BCUT2D eigenvalue weighted by Gasteiger charge is 2.03. The molecule has 0 atom stereocenters. The van der Waals surface area contributed by atoms with Crippen molar-refractivity contribution < 1.29 is 0 Å². The average molecular weight is 561 g/mol. The number of nitrogens with one attached hydrogen (secondary N) is 1. The first-order valence-corrected chi connectivity index (χ1v) is 18.6. The van der Waals surface area contributed by atoms with Gasteiger partial charge in [-0.15, -0.1) is 0 Å². The molecule has 0 heterocycles. The zero-order valence-electron chi connectivity index (χ0n) is 28.2. The highest BCUT2D eigenvalue weighted by atomic mass is 15.5. The third-order valence-corrected chi connectivity index (χ3v) is 8.26. The van der Waals surface area contributed by atoms with Crippen molar-refractivity contribution in [2.75, 3.05) is 19.6 Å². The maximum atomic E-state index is 3.61. The molecular weight excluding hydrogens is 484 g/mol. The van der Waals surface area contributed by atoms with Crippen LogP contribution in [0.15, 0.2) is 24.3 Å². The standard InChI is InChI=1S/C38H76N2/c1-4-7-9-11-13-15-17-19-21-23-25-27-29-31-33-35-37-40(39-6-3)38-36-34-32-30-28-26-24-22-20-18-16-14-12-10-8-5-2/h19-22,39H,4-18,23-38H2,1-3H3/b21-19-,22-20-. The molecule has 40 heavy (non-hydrogen) atoms. The van der Waals surface area contributed by atoms with E-state index in [1.54, 1.807) is 0 Å². The number of hydrogen-bond donors (Lipinski definition) is 1. The van der Waals surface area contributed by atoms with E-state index in [0.717, 1.165) is 6.54 Å². The van der Waals surface area contributed by atoms with Gasteiger partial charge in [-0.2, -0.15) is 0 Å². The van der Waals surface area contributed by atoms with E-state index in [9.17, 15) is 0 Å². The van der Waals surface area contributed by atoms with Crippen molar-refractivity contribution in [1.29, 1.82) is 0 Å². The monoisotopic (exact) mass is 561 g/mol. The van der Waals surface area contributed by atoms with Gasteiger partial charge >= 0.3 is 0 Å². The van der Waals surface area contributed by atoms with E-state index in [4.69, 9.17) is 0 Å². The van der Waals surface area contributed by atoms with Gasteiger partial charge in [0, 0.05) is 19.6 Å². The van der Waals surface area contributed by atoms with Crippen LogP contribution in [0.3, 0.4) is 0 Å². The van der Waals surface area contributed by atoms with E-state index >= 15 is 0 Å². The third-order valence-electron chi connectivity index (χ3n) is 8.26. The van der Waals surface area contributed by atoms with Crippen LogP contribution in [0, 0.1) is 0 Å². The molecule has 0 aliphatic carbocycles. The highest BCUT2D eigenvalue weighted by Crippen LogP contribution is 2.12. The van der Waals surface area contributed by atoms with E-state index in [2.05, 4.69) is 55.5 Å². The van der Waals surface area contributed by atoms with Crippen molar-refractivity contribution in [2.24, 2.45) is 0 Å². The van der Waals surface area contributed by atoms with Crippen LogP contribution >= 0.6 is 0 Å². The molecule has 1 N–H and O–H groups in total. The Morgan fingerprint density at radius 1 is 0.350 bits per heavy atom. The number of nitrogens with zero attached hydrogens (tertiary/aromatic N) is 1. The molecule has 0 radical (unpaired) electrons. The molecule has 0 unspecified atom stereocenters. The fourth-order valence-corrected chi connectivity index (χ4v) is 5.59. The zero-order valence-corrected chi connectivity index (χ0v) is 28.2. The summed E-state index contributed by atoms with van der Waals surface area (Å²) in [4.78, 5) is 0. The maximum Gasteiger partial charge on any atom is 0.0130 e. The molecule has 0 aromatic rings. The zero-order chi connectivity index (χ0) is 29.0. The van der Waals surface area contributed by atoms with E-state index in [1.165, 1.54) is 193 Å². The van der Waals surface area contributed by atoms with Crippen molar-refractivity contribution in [3.05, 3.63) is 24.3 Å². The molecule has 0 aromatic carbocycles. The van der Waals surface area contributed by atoms with Gasteiger partial charge in [0.25, 0.3) is 0 Å². The van der Waals surface area contributed by atoms with Crippen LogP contribution in [0.25, 0.3) is 0 Å². The van der Waals surface area contributed by atoms with Crippen molar-refractivity contribution in [3.63, 3.8) is 0 Å². The van der Waals surface area contributed by atoms with Crippen LogP contribution in [-0.2, 0) is 0 Å². The Hall–Kier alpha value is -0.600. The van der Waals surface area contributed by atoms with Gasteiger partial charge in [-0.3, -0.25) is 5.43 Å². The first-order chi connectivity index (χ1) is 19.8. The predicted octanol–water partition coefficient (Wildman–Crippen LogP) is 12.9. The summed E-state index contributed by atoms with van der Waals surface area (Å²) >= 11 is 0. The summed E-state index contributed by atoms with van der Waals surface area (Å²) in [5, 5.41) is 2.50. The molecule has 0 aliphatic heterocycles. The summed E-state index contributed by atoms with van der Waals surface area (Å²) in [5.41, 5.74) is 3.61. The fourth-order valence-electron chi connectivity index (χ4n) is 5.59. The summed E-state index contributed by atoms with van der Waals surface area (Å²) in [7, 11) is 0. The first kappa shape index (κ1) is 39.4.